The Morgan fingerprint density at radius 2 is 1.86 bits per heavy atom. The van der Waals surface area contributed by atoms with Gasteiger partial charge in [0, 0.05) is 10.7 Å². The highest BCUT2D eigenvalue weighted by Crippen LogP contribution is 2.26. The molecule has 108 valence electrons. The Morgan fingerprint density at radius 3 is 2.57 bits per heavy atom. The monoisotopic (exact) mass is 305 g/mol. The number of halogens is 1. The third kappa shape index (κ3) is 3.93. The number of pyridine rings is 1. The number of phenols is 1. The first-order valence-electron chi connectivity index (χ1n) is 6.00. The highest BCUT2D eigenvalue weighted by Gasteiger charge is 2.16. The molecule has 0 radical (unpaired) electrons. The number of benzene rings is 1. The molecular weight excluding hydrogens is 294 g/mol. The maximum Gasteiger partial charge on any atom is 0.315 e. The number of nitrogens with one attached hydrogen (secondary N) is 2. The largest absolute Gasteiger partial charge is 0.506 e. The predicted molar refractivity (Wildman–Crippen MR) is 79.4 cm³/mol. The van der Waals surface area contributed by atoms with E-state index >= 15 is 0 Å². The van der Waals surface area contributed by atoms with Gasteiger partial charge in [-0.05, 0) is 37.3 Å². The lowest BCUT2D eigenvalue weighted by atomic mass is 10.3. The SMILES string of the molecule is Cc1cccc(NC(=O)C(=O)Nc2cc(Cl)ccc2O)n1. The van der Waals surface area contributed by atoms with Crippen LogP contribution < -0.4 is 10.6 Å². The van der Waals surface area contributed by atoms with Crippen LogP contribution in [0.25, 0.3) is 0 Å². The fourth-order valence-corrected chi connectivity index (χ4v) is 1.75. The average Bonchev–Trinajstić information content (AvgIpc) is 2.43. The summed E-state index contributed by atoms with van der Waals surface area (Å²) in [6.07, 6.45) is 0. The third-order valence-electron chi connectivity index (χ3n) is 2.54. The van der Waals surface area contributed by atoms with Gasteiger partial charge in [-0.1, -0.05) is 17.7 Å². The lowest BCUT2D eigenvalue weighted by molar-refractivity contribution is -0.133. The number of hydrogen-bond donors (Lipinski definition) is 3. The molecule has 1 aromatic carbocycles. The summed E-state index contributed by atoms with van der Waals surface area (Å²) >= 11 is 5.75. The fraction of sp³-hybridized carbons (Fsp3) is 0.0714. The van der Waals surface area contributed by atoms with Gasteiger partial charge < -0.3 is 15.7 Å². The van der Waals surface area contributed by atoms with Crippen LogP contribution in [0.15, 0.2) is 36.4 Å². The molecule has 1 aromatic heterocycles. The molecule has 0 aliphatic carbocycles. The van der Waals surface area contributed by atoms with Crippen LogP contribution >= 0.6 is 11.6 Å². The molecule has 0 saturated heterocycles. The Hall–Kier alpha value is -2.60. The van der Waals surface area contributed by atoms with E-state index in [4.69, 9.17) is 11.6 Å². The van der Waals surface area contributed by atoms with Crippen molar-refractivity contribution in [2.45, 2.75) is 6.92 Å². The predicted octanol–water partition coefficient (Wildman–Crippen LogP) is 2.33. The van der Waals surface area contributed by atoms with Gasteiger partial charge in [0.05, 0.1) is 5.69 Å². The first-order chi connectivity index (χ1) is 9.95. The van der Waals surface area contributed by atoms with Gasteiger partial charge in [0.2, 0.25) is 0 Å². The zero-order chi connectivity index (χ0) is 15.4. The van der Waals surface area contributed by atoms with Crippen molar-refractivity contribution in [3.63, 3.8) is 0 Å². The van der Waals surface area contributed by atoms with Crippen LogP contribution in [0.3, 0.4) is 0 Å². The summed E-state index contributed by atoms with van der Waals surface area (Å²) in [6, 6.07) is 9.15. The smallest absolute Gasteiger partial charge is 0.315 e. The molecule has 0 aliphatic rings. The summed E-state index contributed by atoms with van der Waals surface area (Å²) in [5.41, 5.74) is 0.764. The Morgan fingerprint density at radius 1 is 1.14 bits per heavy atom. The highest BCUT2D eigenvalue weighted by atomic mass is 35.5. The Kier molecular flexibility index (Phi) is 4.39. The van der Waals surface area contributed by atoms with Crippen molar-refractivity contribution in [3.05, 3.63) is 47.1 Å². The van der Waals surface area contributed by atoms with E-state index in [0.717, 1.165) is 0 Å². The minimum absolute atomic E-state index is 0.0554. The van der Waals surface area contributed by atoms with E-state index in [0.29, 0.717) is 10.7 Å². The van der Waals surface area contributed by atoms with E-state index in [9.17, 15) is 14.7 Å². The summed E-state index contributed by atoms with van der Waals surface area (Å²) in [4.78, 5) is 27.6. The average molecular weight is 306 g/mol. The first-order valence-corrected chi connectivity index (χ1v) is 6.38. The van der Waals surface area contributed by atoms with E-state index in [1.165, 1.54) is 18.2 Å². The summed E-state index contributed by atoms with van der Waals surface area (Å²) in [5.74, 6) is -1.75. The molecule has 0 unspecified atom stereocenters. The van der Waals surface area contributed by atoms with Crippen LogP contribution in [-0.4, -0.2) is 21.9 Å². The number of nitrogens with zero attached hydrogens (tertiary/aromatic N) is 1. The molecule has 3 N–H and O–H groups in total. The second-order valence-electron chi connectivity index (χ2n) is 4.23. The number of anilines is 2. The molecule has 7 heteroatoms. The van der Waals surface area contributed by atoms with Crippen molar-refractivity contribution in [3.8, 4) is 5.75 Å². The topological polar surface area (TPSA) is 91.3 Å². The van der Waals surface area contributed by atoms with E-state index < -0.39 is 11.8 Å². The quantitative estimate of drug-likeness (QED) is 0.586. The minimum Gasteiger partial charge on any atom is -0.506 e. The van der Waals surface area contributed by atoms with Gasteiger partial charge in [0.15, 0.2) is 0 Å². The van der Waals surface area contributed by atoms with Crippen molar-refractivity contribution in [2.24, 2.45) is 0 Å². The molecule has 0 saturated carbocycles. The molecular formula is C14H12ClN3O3. The molecule has 2 amide bonds. The molecule has 0 spiro atoms. The number of aryl methyl sites for hydroxylation is 1. The van der Waals surface area contributed by atoms with E-state index in [-0.39, 0.29) is 17.3 Å². The van der Waals surface area contributed by atoms with Gasteiger partial charge in [-0.3, -0.25) is 9.59 Å². The van der Waals surface area contributed by atoms with Crippen molar-refractivity contribution < 1.29 is 14.7 Å². The normalized spacial score (nSPS) is 10.0. The van der Waals surface area contributed by atoms with Gasteiger partial charge >= 0.3 is 11.8 Å². The van der Waals surface area contributed by atoms with E-state index in [1.54, 1.807) is 25.1 Å². The van der Waals surface area contributed by atoms with Gasteiger partial charge in [-0.25, -0.2) is 4.98 Å². The second-order valence-corrected chi connectivity index (χ2v) is 4.67. The van der Waals surface area contributed by atoms with E-state index in [2.05, 4.69) is 15.6 Å². The molecule has 0 fully saturated rings. The lowest BCUT2D eigenvalue weighted by Crippen LogP contribution is -2.29. The van der Waals surface area contributed by atoms with Crippen LogP contribution in [0.2, 0.25) is 5.02 Å². The van der Waals surface area contributed by atoms with Crippen molar-refractivity contribution in [1.82, 2.24) is 4.98 Å². The van der Waals surface area contributed by atoms with Gasteiger partial charge in [-0.15, -0.1) is 0 Å². The van der Waals surface area contributed by atoms with Crippen LogP contribution in [0.4, 0.5) is 11.5 Å². The molecule has 0 bridgehead atoms. The number of phenolic OH excluding ortho intramolecular Hbond substituents is 1. The zero-order valence-corrected chi connectivity index (χ0v) is 11.8. The Labute approximate surface area is 125 Å². The molecule has 1 heterocycles. The molecule has 2 aromatic rings. The third-order valence-corrected chi connectivity index (χ3v) is 2.78. The van der Waals surface area contributed by atoms with Gasteiger partial charge in [0.1, 0.15) is 11.6 Å². The van der Waals surface area contributed by atoms with Gasteiger partial charge in [-0.2, -0.15) is 0 Å². The number of aromatic hydroxyl groups is 1. The molecule has 0 aliphatic heterocycles. The standard InChI is InChI=1S/C14H12ClN3O3/c1-8-3-2-4-12(16-8)18-14(21)13(20)17-10-7-9(15)5-6-11(10)19/h2-7,19H,1H3,(H,17,20)(H,16,18,21). The molecule has 0 atom stereocenters. The minimum atomic E-state index is -0.934. The highest BCUT2D eigenvalue weighted by molar-refractivity contribution is 6.43. The summed E-state index contributed by atoms with van der Waals surface area (Å²) in [7, 11) is 0. The second kappa shape index (κ2) is 6.23. The summed E-state index contributed by atoms with van der Waals surface area (Å²) in [6.45, 7) is 1.76. The number of carbonyl (C=O) groups is 2. The van der Waals surface area contributed by atoms with Crippen LogP contribution in [0, 0.1) is 6.92 Å². The molecule has 2 rings (SSSR count). The van der Waals surface area contributed by atoms with Crippen molar-refractivity contribution in [1.29, 1.82) is 0 Å². The van der Waals surface area contributed by atoms with Gasteiger partial charge in [0.25, 0.3) is 0 Å². The number of aromatic nitrogens is 1. The van der Waals surface area contributed by atoms with Crippen LogP contribution in [0.1, 0.15) is 5.69 Å². The van der Waals surface area contributed by atoms with Crippen molar-refractivity contribution in [2.75, 3.05) is 10.6 Å². The maximum atomic E-state index is 11.8. The Balaban J connectivity index is 2.06. The molecule has 6 nitrogen and oxygen atoms in total. The first kappa shape index (κ1) is 14.8. The number of rotatable bonds is 2. The van der Waals surface area contributed by atoms with Crippen LogP contribution in [-0.2, 0) is 9.59 Å². The maximum absolute atomic E-state index is 11.8. The number of carbonyl (C=O) groups excluding carboxylic acids is 2. The van der Waals surface area contributed by atoms with E-state index in [1.807, 2.05) is 0 Å². The zero-order valence-electron chi connectivity index (χ0n) is 11.1. The summed E-state index contributed by atoms with van der Waals surface area (Å²) < 4.78 is 0. The lowest BCUT2D eigenvalue weighted by Gasteiger charge is -2.08. The fourth-order valence-electron chi connectivity index (χ4n) is 1.57. The van der Waals surface area contributed by atoms with Crippen LogP contribution in [0.5, 0.6) is 5.75 Å². The Bertz CT molecular complexity index is 704. The summed E-state index contributed by atoms with van der Waals surface area (Å²) in [5, 5.41) is 14.5. The van der Waals surface area contributed by atoms with Crippen molar-refractivity contribution >= 4 is 34.9 Å². The molecule has 21 heavy (non-hydrogen) atoms. The number of amides is 2. The number of hydrogen-bond acceptors (Lipinski definition) is 4.